The number of rotatable bonds is 14. The molecule has 15 heteroatoms. The molecular weight excluding hydrogens is 731 g/mol. The molecule has 1 fully saturated rings. The van der Waals surface area contributed by atoms with Crippen molar-refractivity contribution in [3.05, 3.63) is 82.8 Å². The van der Waals surface area contributed by atoms with E-state index in [9.17, 15) is 24.7 Å². The van der Waals surface area contributed by atoms with Crippen LogP contribution in [0.1, 0.15) is 38.8 Å². The summed E-state index contributed by atoms with van der Waals surface area (Å²) in [5, 5.41) is 37.2. The molecule has 276 valence electrons. The van der Waals surface area contributed by atoms with Gasteiger partial charge in [0, 0.05) is 23.3 Å². The van der Waals surface area contributed by atoms with Gasteiger partial charge < -0.3 is 39.8 Å². The standard InChI is InChI=1S/C37H40ClFN4O7S2/c1-21(44)51-19-25(20-52-22(2)45)36(46)43-32-12-29-31(13-34(32)48-17-28-18-49-37(3,4)50-28)41-15-24(14-40)35(29)42-27-8-9-33(30(38)11-27)47-16-23-6-5-7-26(39)10-23/h5-13,15,25,28,44-45,51-52H,16-20H2,1-4H3,(H,41,42)(H,43,46)/t28-/m0/s1. The van der Waals surface area contributed by atoms with Crippen molar-refractivity contribution in [1.29, 1.82) is 5.26 Å². The molecule has 1 atom stereocenters. The third-order valence-corrected chi connectivity index (χ3v) is 10.2. The number of ether oxygens (including phenoxy) is 4. The van der Waals surface area contributed by atoms with E-state index < -0.39 is 11.7 Å². The summed E-state index contributed by atoms with van der Waals surface area (Å²) < 4.78 is 37.3. The summed E-state index contributed by atoms with van der Waals surface area (Å²) in [7, 11) is 0. The molecule has 52 heavy (non-hydrogen) atoms. The van der Waals surface area contributed by atoms with E-state index in [1.807, 2.05) is 13.8 Å². The van der Waals surface area contributed by atoms with Crippen molar-refractivity contribution in [2.24, 2.45) is 5.92 Å². The molecule has 5 rings (SSSR count). The van der Waals surface area contributed by atoms with Crippen molar-refractivity contribution in [2.75, 3.05) is 35.4 Å². The van der Waals surface area contributed by atoms with E-state index in [4.69, 9.17) is 30.5 Å². The van der Waals surface area contributed by atoms with E-state index in [1.165, 1.54) is 18.3 Å². The van der Waals surface area contributed by atoms with Gasteiger partial charge in [0.25, 0.3) is 0 Å². The molecule has 3 aromatic carbocycles. The average Bonchev–Trinajstić information content (AvgIpc) is 3.45. The summed E-state index contributed by atoms with van der Waals surface area (Å²) in [6.45, 7) is 7.34. The monoisotopic (exact) mass is 770 g/mol. The number of aromatic nitrogens is 1. The van der Waals surface area contributed by atoms with Gasteiger partial charge in [-0.2, -0.15) is 28.0 Å². The molecule has 4 aromatic rings. The Bertz CT molecular complexity index is 2030. The summed E-state index contributed by atoms with van der Waals surface area (Å²) in [6.07, 6.45) is 1.08. The molecule has 0 bridgehead atoms. The van der Waals surface area contributed by atoms with Gasteiger partial charge >= 0.3 is 0 Å². The Hall–Kier alpha value is -4.07. The highest BCUT2D eigenvalue weighted by atomic mass is 35.5. The summed E-state index contributed by atoms with van der Waals surface area (Å²) in [6, 6.07) is 16.7. The first kappa shape index (κ1) is 39.1. The maximum atomic E-state index is 13.8. The number of nitriles is 1. The second-order valence-electron chi connectivity index (χ2n) is 12.4. The molecule has 1 saturated heterocycles. The third-order valence-electron chi connectivity index (χ3n) is 7.78. The number of hydrogen-bond acceptors (Lipinski definition) is 8. The van der Waals surface area contributed by atoms with Gasteiger partial charge in [-0.15, -0.1) is 0 Å². The van der Waals surface area contributed by atoms with E-state index in [1.54, 1.807) is 56.3 Å². The number of pyridine rings is 1. The zero-order chi connectivity index (χ0) is 37.4. The molecule has 0 saturated carbocycles. The predicted octanol–water partition coefficient (Wildman–Crippen LogP) is 7.65. The van der Waals surface area contributed by atoms with E-state index >= 15 is 0 Å². The van der Waals surface area contributed by atoms with Crippen LogP contribution in [-0.2, 0) is 20.9 Å². The van der Waals surface area contributed by atoms with Gasteiger partial charge in [-0.25, -0.2) is 4.39 Å². The Morgan fingerprint density at radius 2 is 1.87 bits per heavy atom. The number of benzene rings is 3. The van der Waals surface area contributed by atoms with Crippen LogP contribution in [0.5, 0.6) is 11.5 Å². The van der Waals surface area contributed by atoms with Crippen molar-refractivity contribution in [3.63, 3.8) is 0 Å². The van der Waals surface area contributed by atoms with Crippen LogP contribution in [0.15, 0.2) is 60.8 Å². The van der Waals surface area contributed by atoms with Crippen LogP contribution < -0.4 is 20.1 Å². The maximum absolute atomic E-state index is 13.8. The van der Waals surface area contributed by atoms with Crippen LogP contribution in [0.3, 0.4) is 0 Å². The molecule has 0 aliphatic carbocycles. The summed E-state index contributed by atoms with van der Waals surface area (Å²) >= 11 is 7.76. The van der Waals surface area contributed by atoms with Crippen LogP contribution in [-0.4, -0.2) is 67.8 Å². The highest BCUT2D eigenvalue weighted by molar-refractivity contribution is 7.99. The molecule has 1 amide bonds. The van der Waals surface area contributed by atoms with Crippen LogP contribution in [0, 0.1) is 23.1 Å². The molecule has 11 nitrogen and oxygen atoms in total. The molecule has 4 N–H and O–H groups in total. The number of anilines is 3. The largest absolute Gasteiger partial charge is 0.489 e. The second-order valence-corrected chi connectivity index (χ2v) is 15.5. The lowest BCUT2D eigenvalue weighted by Crippen LogP contribution is -2.27. The number of aliphatic hydroxyl groups is 2. The number of aliphatic hydroxyl groups excluding tert-OH is 2. The first-order chi connectivity index (χ1) is 24.8. The fraction of sp³-hybridized carbons (Fsp3) is 0.324. The van der Waals surface area contributed by atoms with E-state index in [2.05, 4.69) is 21.7 Å². The normalized spacial score (nSPS) is 16.6. The Morgan fingerprint density at radius 1 is 1.12 bits per heavy atom. The number of carbonyl (C=O) groups is 1. The zero-order valence-corrected chi connectivity index (χ0v) is 31.5. The number of amides is 1. The van der Waals surface area contributed by atoms with Crippen LogP contribution in [0.2, 0.25) is 5.02 Å². The van der Waals surface area contributed by atoms with E-state index in [0.29, 0.717) is 90.9 Å². The van der Waals surface area contributed by atoms with Crippen LogP contribution in [0.4, 0.5) is 21.5 Å². The predicted molar refractivity (Wildman–Crippen MR) is 209 cm³/mol. The quantitative estimate of drug-likeness (QED) is 0.0557. The number of nitrogens with zero attached hydrogens (tertiary/aromatic N) is 2. The minimum atomic E-state index is -0.756. The van der Waals surface area contributed by atoms with Gasteiger partial charge in [0.05, 0.1) is 50.1 Å². The number of fused-ring (bicyclic) bond motifs is 1. The molecule has 1 aliphatic rings. The molecule has 0 radical (unpaired) electrons. The van der Waals surface area contributed by atoms with Gasteiger partial charge in [-0.1, -0.05) is 23.7 Å². The molecular formula is C37H40ClFN4O7S2. The molecule has 0 spiro atoms. The van der Waals surface area contributed by atoms with Crippen molar-refractivity contribution >= 4 is 78.3 Å². The lowest BCUT2D eigenvalue weighted by atomic mass is 10.1. The SMILES string of the molecule is CC(O)=[SH]CC(C[SH]=C(C)O)C(=O)Nc1cc2c(Nc3ccc(OCc4cccc(F)c4)c(Cl)c3)c(C#N)cnc2cc1OC[C@H]1COC(C)(C)O1. The fourth-order valence-corrected chi connectivity index (χ4v) is 7.25. The van der Waals surface area contributed by atoms with E-state index in [-0.39, 0.29) is 46.7 Å². The van der Waals surface area contributed by atoms with Gasteiger partial charge in [0.1, 0.15) is 42.7 Å². The second kappa shape index (κ2) is 17.6. The smallest absolute Gasteiger partial charge is 0.229 e. The van der Waals surface area contributed by atoms with Gasteiger partial charge in [0.2, 0.25) is 5.91 Å². The Morgan fingerprint density at radius 3 is 2.50 bits per heavy atom. The first-order valence-corrected chi connectivity index (χ1v) is 18.8. The number of halogens is 2. The zero-order valence-electron chi connectivity index (χ0n) is 28.9. The van der Waals surface area contributed by atoms with Gasteiger partial charge in [-0.05, 0) is 81.2 Å². The summed E-state index contributed by atoms with van der Waals surface area (Å²) in [4.78, 5) is 18.3. The summed E-state index contributed by atoms with van der Waals surface area (Å²) in [5.41, 5.74) is 2.64. The Labute approximate surface area is 313 Å². The summed E-state index contributed by atoms with van der Waals surface area (Å²) in [5.74, 6) is -0.650. The van der Waals surface area contributed by atoms with Gasteiger partial charge in [-0.3, -0.25) is 9.78 Å². The molecule has 0 unspecified atom stereocenters. The molecule has 2 heterocycles. The highest BCUT2D eigenvalue weighted by Gasteiger charge is 2.33. The third kappa shape index (κ3) is 10.7. The van der Waals surface area contributed by atoms with Crippen molar-refractivity contribution in [1.82, 2.24) is 4.98 Å². The average molecular weight is 771 g/mol. The Kier molecular flexibility index (Phi) is 13.3. The van der Waals surface area contributed by atoms with Gasteiger partial charge in [0.15, 0.2) is 5.79 Å². The highest BCUT2D eigenvalue weighted by Crippen LogP contribution is 2.38. The number of thiol groups is 2. The minimum absolute atomic E-state index is 0.115. The van der Waals surface area contributed by atoms with Crippen LogP contribution in [0.25, 0.3) is 10.9 Å². The fourth-order valence-electron chi connectivity index (χ4n) is 5.26. The molecule has 1 aromatic heterocycles. The maximum Gasteiger partial charge on any atom is 0.229 e. The lowest BCUT2D eigenvalue weighted by Gasteiger charge is -2.20. The molecule has 1 aliphatic heterocycles. The number of carbonyl (C=O) groups excluding carboxylic acids is 1. The van der Waals surface area contributed by atoms with E-state index in [0.717, 1.165) is 0 Å². The topological polar surface area (TPSA) is 155 Å². The number of nitrogens with one attached hydrogen (secondary N) is 2. The van der Waals surface area contributed by atoms with Crippen molar-refractivity contribution < 1.29 is 38.3 Å². The number of hydrogen-bond donors (Lipinski definition) is 6. The Balaban J connectivity index is 1.48. The lowest BCUT2D eigenvalue weighted by molar-refractivity contribution is -0.141. The van der Waals surface area contributed by atoms with Crippen molar-refractivity contribution in [2.45, 2.75) is 46.2 Å². The van der Waals surface area contributed by atoms with Crippen LogP contribution >= 0.6 is 34.3 Å². The minimum Gasteiger partial charge on any atom is -0.489 e. The van der Waals surface area contributed by atoms with Crippen molar-refractivity contribution in [3.8, 4) is 17.6 Å². The first-order valence-electron chi connectivity index (χ1n) is 16.3.